The number of carbonyl (C=O) groups excluding carboxylic acids is 1. The summed E-state index contributed by atoms with van der Waals surface area (Å²) >= 11 is 0. The van der Waals surface area contributed by atoms with Crippen LogP contribution in [0, 0.1) is 0 Å². The molecular formula is C19H25N5O2. The predicted octanol–water partition coefficient (Wildman–Crippen LogP) is 1.70. The third-order valence-electron chi connectivity index (χ3n) is 5.27. The predicted molar refractivity (Wildman–Crippen MR) is 99.2 cm³/mol. The van der Waals surface area contributed by atoms with E-state index in [0.29, 0.717) is 18.3 Å². The number of aromatic nitrogens is 2. The third kappa shape index (κ3) is 3.51. The first kappa shape index (κ1) is 17.2. The van der Waals surface area contributed by atoms with E-state index in [4.69, 9.17) is 4.74 Å². The van der Waals surface area contributed by atoms with Gasteiger partial charge >= 0.3 is 0 Å². The third-order valence-corrected chi connectivity index (χ3v) is 5.27. The molecule has 0 bridgehead atoms. The lowest BCUT2D eigenvalue weighted by Gasteiger charge is -2.32. The number of morpholine rings is 1. The second-order valence-electron chi connectivity index (χ2n) is 6.86. The molecule has 7 nitrogen and oxygen atoms in total. The molecule has 4 rings (SSSR count). The molecular weight excluding hydrogens is 330 g/mol. The van der Waals surface area contributed by atoms with E-state index in [0.717, 1.165) is 56.2 Å². The molecule has 1 atom stereocenters. The number of hydrogen-bond donors (Lipinski definition) is 3. The molecule has 1 unspecified atom stereocenters. The molecule has 26 heavy (non-hydrogen) atoms. The zero-order valence-electron chi connectivity index (χ0n) is 15.0. The van der Waals surface area contributed by atoms with Gasteiger partial charge < -0.3 is 15.4 Å². The van der Waals surface area contributed by atoms with Gasteiger partial charge in [-0.25, -0.2) is 0 Å². The number of carbonyl (C=O) groups is 1. The zero-order valence-corrected chi connectivity index (χ0v) is 15.0. The first-order valence-corrected chi connectivity index (χ1v) is 9.22. The highest BCUT2D eigenvalue weighted by Gasteiger charge is 2.22. The number of nitrogens with one attached hydrogen (secondary N) is 3. The summed E-state index contributed by atoms with van der Waals surface area (Å²) in [6.45, 7) is 7.31. The van der Waals surface area contributed by atoms with Crippen LogP contribution in [-0.2, 0) is 17.7 Å². The summed E-state index contributed by atoms with van der Waals surface area (Å²) in [5, 5.41) is 13.4. The number of ether oxygens (including phenoxy) is 1. The van der Waals surface area contributed by atoms with E-state index >= 15 is 0 Å². The van der Waals surface area contributed by atoms with Crippen molar-refractivity contribution in [3.05, 3.63) is 46.8 Å². The average molecular weight is 355 g/mol. The van der Waals surface area contributed by atoms with E-state index < -0.39 is 0 Å². The molecule has 1 aromatic carbocycles. The van der Waals surface area contributed by atoms with Gasteiger partial charge in [0.15, 0.2) is 5.69 Å². The van der Waals surface area contributed by atoms with Gasteiger partial charge in [-0.2, -0.15) is 5.10 Å². The maximum atomic E-state index is 12.6. The summed E-state index contributed by atoms with van der Waals surface area (Å²) in [5.74, 6) is -0.167. The highest BCUT2D eigenvalue weighted by molar-refractivity contribution is 6.04. The Bertz CT molecular complexity index is 765. The Hall–Kier alpha value is -2.22. The molecule has 0 radical (unpaired) electrons. The Morgan fingerprint density at radius 3 is 2.81 bits per heavy atom. The smallest absolute Gasteiger partial charge is 0.276 e. The van der Waals surface area contributed by atoms with Crippen LogP contribution in [0.2, 0.25) is 0 Å². The van der Waals surface area contributed by atoms with Gasteiger partial charge in [-0.15, -0.1) is 0 Å². The van der Waals surface area contributed by atoms with Crippen molar-refractivity contribution in [3.8, 4) is 0 Å². The number of H-pyrrole nitrogens is 1. The molecule has 0 saturated carbocycles. The molecule has 1 amide bonds. The molecule has 2 aromatic rings. The van der Waals surface area contributed by atoms with Gasteiger partial charge in [0.2, 0.25) is 0 Å². The van der Waals surface area contributed by atoms with Crippen LogP contribution in [0.3, 0.4) is 0 Å². The number of amides is 1. The number of aromatic amines is 1. The van der Waals surface area contributed by atoms with Crippen LogP contribution in [0.5, 0.6) is 0 Å². The van der Waals surface area contributed by atoms with Gasteiger partial charge in [0, 0.05) is 55.6 Å². The first-order chi connectivity index (χ1) is 12.7. The summed E-state index contributed by atoms with van der Waals surface area (Å²) in [6.07, 6.45) is 0.879. The fourth-order valence-corrected chi connectivity index (χ4v) is 3.62. The molecule has 2 aliphatic rings. The van der Waals surface area contributed by atoms with Crippen LogP contribution in [0.1, 0.15) is 40.3 Å². The van der Waals surface area contributed by atoms with Gasteiger partial charge in [-0.3, -0.25) is 14.8 Å². The van der Waals surface area contributed by atoms with Crippen molar-refractivity contribution in [3.63, 3.8) is 0 Å². The maximum absolute atomic E-state index is 12.6. The monoisotopic (exact) mass is 355 g/mol. The van der Waals surface area contributed by atoms with Crippen LogP contribution in [0.4, 0.5) is 5.69 Å². The van der Waals surface area contributed by atoms with E-state index in [1.165, 1.54) is 5.56 Å². The van der Waals surface area contributed by atoms with Crippen LogP contribution in [0.15, 0.2) is 24.3 Å². The van der Waals surface area contributed by atoms with Crippen molar-refractivity contribution in [2.45, 2.75) is 25.9 Å². The Labute approximate surface area is 153 Å². The van der Waals surface area contributed by atoms with Gasteiger partial charge in [-0.05, 0) is 24.6 Å². The van der Waals surface area contributed by atoms with Crippen molar-refractivity contribution in [1.82, 2.24) is 20.4 Å². The van der Waals surface area contributed by atoms with Crippen LogP contribution >= 0.6 is 0 Å². The lowest BCUT2D eigenvalue weighted by Crippen LogP contribution is -2.38. The number of fused-ring (bicyclic) bond motifs is 1. The standard InChI is InChI=1S/C19H25N5O2/c1-13(24-8-10-26-11-9-24)14-2-4-15(5-3-14)21-19(25)18-16-12-20-7-6-17(16)22-23-18/h2-5,13,20H,6-12H2,1H3,(H,21,25)(H,22,23). The first-order valence-electron chi connectivity index (χ1n) is 9.22. The number of anilines is 1. The van der Waals surface area contributed by atoms with E-state index in [-0.39, 0.29) is 5.91 Å². The summed E-state index contributed by atoms with van der Waals surface area (Å²) in [6, 6.07) is 8.42. The number of rotatable bonds is 4. The minimum absolute atomic E-state index is 0.167. The van der Waals surface area contributed by atoms with Crippen LogP contribution < -0.4 is 10.6 Å². The lowest BCUT2D eigenvalue weighted by molar-refractivity contribution is 0.0198. The molecule has 7 heteroatoms. The van der Waals surface area contributed by atoms with Crippen molar-refractivity contribution in [2.75, 3.05) is 38.2 Å². The van der Waals surface area contributed by atoms with Gasteiger partial charge in [0.25, 0.3) is 5.91 Å². The van der Waals surface area contributed by atoms with Crippen LogP contribution in [-0.4, -0.2) is 53.9 Å². The highest BCUT2D eigenvalue weighted by atomic mass is 16.5. The molecule has 2 aliphatic heterocycles. The molecule has 1 aromatic heterocycles. The topological polar surface area (TPSA) is 82.3 Å². The fourth-order valence-electron chi connectivity index (χ4n) is 3.62. The van der Waals surface area contributed by atoms with Crippen molar-refractivity contribution < 1.29 is 9.53 Å². The summed E-state index contributed by atoms with van der Waals surface area (Å²) in [7, 11) is 0. The quantitative estimate of drug-likeness (QED) is 0.778. The van der Waals surface area contributed by atoms with E-state index in [1.807, 2.05) is 12.1 Å². The Morgan fingerprint density at radius 2 is 2.04 bits per heavy atom. The van der Waals surface area contributed by atoms with E-state index in [1.54, 1.807) is 0 Å². The minimum atomic E-state index is -0.167. The average Bonchev–Trinajstić information content (AvgIpc) is 3.13. The largest absolute Gasteiger partial charge is 0.379 e. The molecule has 0 aliphatic carbocycles. The highest BCUT2D eigenvalue weighted by Crippen LogP contribution is 2.23. The molecule has 1 fully saturated rings. The van der Waals surface area contributed by atoms with Crippen LogP contribution in [0.25, 0.3) is 0 Å². The number of hydrogen-bond acceptors (Lipinski definition) is 5. The number of nitrogens with zero attached hydrogens (tertiary/aromatic N) is 2. The van der Waals surface area contributed by atoms with Crippen molar-refractivity contribution >= 4 is 11.6 Å². The SMILES string of the molecule is CC(c1ccc(NC(=O)c2n[nH]c3c2CNCC3)cc1)N1CCOCC1. The van der Waals surface area contributed by atoms with Gasteiger partial charge in [0.05, 0.1) is 13.2 Å². The Kier molecular flexibility index (Phi) is 5.01. The zero-order chi connectivity index (χ0) is 17.9. The molecule has 1 saturated heterocycles. The minimum Gasteiger partial charge on any atom is -0.379 e. The molecule has 3 N–H and O–H groups in total. The van der Waals surface area contributed by atoms with Crippen molar-refractivity contribution in [2.24, 2.45) is 0 Å². The second kappa shape index (κ2) is 7.57. The summed E-state index contributed by atoms with van der Waals surface area (Å²) < 4.78 is 5.42. The molecule has 138 valence electrons. The Morgan fingerprint density at radius 1 is 1.27 bits per heavy atom. The molecule has 3 heterocycles. The maximum Gasteiger partial charge on any atom is 0.276 e. The summed E-state index contributed by atoms with van der Waals surface area (Å²) in [4.78, 5) is 15.0. The van der Waals surface area contributed by atoms with Gasteiger partial charge in [-0.1, -0.05) is 12.1 Å². The number of benzene rings is 1. The Balaban J connectivity index is 1.42. The second-order valence-corrected chi connectivity index (χ2v) is 6.86. The summed E-state index contributed by atoms with van der Waals surface area (Å²) in [5.41, 5.74) is 4.55. The lowest BCUT2D eigenvalue weighted by atomic mass is 10.1. The van der Waals surface area contributed by atoms with Gasteiger partial charge in [0.1, 0.15) is 0 Å². The normalized spacial score (nSPS) is 19.0. The molecule has 0 spiro atoms. The fraction of sp³-hybridized carbons (Fsp3) is 0.474. The van der Waals surface area contributed by atoms with E-state index in [9.17, 15) is 4.79 Å². The van der Waals surface area contributed by atoms with E-state index in [2.05, 4.69) is 44.8 Å². The van der Waals surface area contributed by atoms with Crippen molar-refractivity contribution in [1.29, 1.82) is 0 Å².